The number of carbonyl (C=O) groups is 2. The molecule has 1 aromatic heterocycles. The predicted molar refractivity (Wildman–Crippen MR) is 111 cm³/mol. The third-order valence-corrected chi connectivity index (χ3v) is 6.88. The van der Waals surface area contributed by atoms with Gasteiger partial charge in [-0.2, -0.15) is 0 Å². The summed E-state index contributed by atoms with van der Waals surface area (Å²) < 4.78 is 0. The van der Waals surface area contributed by atoms with E-state index < -0.39 is 0 Å². The number of piperidine rings is 1. The zero-order valence-corrected chi connectivity index (χ0v) is 16.6. The Balaban J connectivity index is 1.31. The number of rotatable bonds is 4. The zero-order chi connectivity index (χ0) is 19.8. The van der Waals surface area contributed by atoms with Crippen LogP contribution in [-0.2, 0) is 10.2 Å². The van der Waals surface area contributed by atoms with Crippen molar-refractivity contribution in [3.63, 3.8) is 0 Å². The first-order valence-electron chi connectivity index (χ1n) is 10.7. The molecule has 2 fully saturated rings. The molecule has 2 amide bonds. The van der Waals surface area contributed by atoms with Gasteiger partial charge < -0.3 is 10.2 Å². The quantitative estimate of drug-likeness (QED) is 0.872. The molecule has 5 rings (SSSR count). The average molecular weight is 389 g/mol. The van der Waals surface area contributed by atoms with Gasteiger partial charge in [-0.15, -0.1) is 0 Å². The van der Waals surface area contributed by atoms with Crippen molar-refractivity contribution >= 4 is 11.8 Å². The number of carbonyl (C=O) groups excluding carboxylic acids is 2. The fourth-order valence-electron chi connectivity index (χ4n) is 5.21. The number of nitrogens with one attached hydrogen (secondary N) is 1. The highest BCUT2D eigenvalue weighted by Crippen LogP contribution is 2.52. The summed E-state index contributed by atoms with van der Waals surface area (Å²) in [6.07, 6.45) is 7.39. The van der Waals surface area contributed by atoms with Gasteiger partial charge in [-0.3, -0.25) is 14.6 Å². The van der Waals surface area contributed by atoms with Gasteiger partial charge in [0.05, 0.1) is 0 Å². The average Bonchev–Trinajstić information content (AvgIpc) is 3.53. The third-order valence-electron chi connectivity index (χ3n) is 6.88. The summed E-state index contributed by atoms with van der Waals surface area (Å²) in [5, 5.41) is 3.14. The number of benzene rings is 1. The highest BCUT2D eigenvalue weighted by molar-refractivity contribution is 5.92. The molecule has 29 heavy (non-hydrogen) atoms. The minimum absolute atomic E-state index is 0.0205. The second-order valence-corrected chi connectivity index (χ2v) is 8.82. The van der Waals surface area contributed by atoms with Gasteiger partial charge in [0.15, 0.2) is 0 Å². The normalized spacial score (nSPS) is 22.3. The number of hydrogen-bond donors (Lipinski definition) is 1. The van der Waals surface area contributed by atoms with Crippen molar-refractivity contribution in [1.29, 1.82) is 0 Å². The van der Waals surface area contributed by atoms with Crippen molar-refractivity contribution in [2.24, 2.45) is 0 Å². The molecule has 1 N–H and O–H groups in total. The van der Waals surface area contributed by atoms with E-state index in [4.69, 9.17) is 0 Å². The Labute approximate surface area is 171 Å². The molecular weight excluding hydrogens is 362 g/mol. The molecule has 1 saturated heterocycles. The van der Waals surface area contributed by atoms with Gasteiger partial charge in [-0.1, -0.05) is 30.3 Å². The Kier molecular flexibility index (Phi) is 4.61. The highest BCUT2D eigenvalue weighted by Gasteiger charge is 2.46. The van der Waals surface area contributed by atoms with Crippen molar-refractivity contribution in [3.8, 4) is 0 Å². The van der Waals surface area contributed by atoms with Crippen LogP contribution in [0.5, 0.6) is 0 Å². The lowest BCUT2D eigenvalue weighted by Gasteiger charge is -2.40. The van der Waals surface area contributed by atoms with Gasteiger partial charge >= 0.3 is 0 Å². The maximum Gasteiger partial charge on any atom is 0.272 e. The summed E-state index contributed by atoms with van der Waals surface area (Å²) in [5.74, 6) is 0.488. The van der Waals surface area contributed by atoms with Crippen LogP contribution in [0.3, 0.4) is 0 Å². The Morgan fingerprint density at radius 2 is 1.83 bits per heavy atom. The predicted octanol–water partition coefficient (Wildman–Crippen LogP) is 3.41. The molecule has 5 nitrogen and oxygen atoms in total. The number of hydrogen-bond acceptors (Lipinski definition) is 3. The molecule has 2 aliphatic carbocycles. The lowest BCUT2D eigenvalue weighted by molar-refractivity contribution is -0.121. The summed E-state index contributed by atoms with van der Waals surface area (Å²) in [7, 11) is 0. The van der Waals surface area contributed by atoms with E-state index in [1.807, 2.05) is 17.0 Å². The molecule has 2 aromatic rings. The summed E-state index contributed by atoms with van der Waals surface area (Å²) in [6.45, 7) is 1.48. The summed E-state index contributed by atoms with van der Waals surface area (Å²) in [5.41, 5.74) is 3.34. The van der Waals surface area contributed by atoms with E-state index in [-0.39, 0.29) is 23.1 Å². The molecule has 1 aromatic carbocycles. The van der Waals surface area contributed by atoms with Crippen LogP contribution in [0, 0.1) is 0 Å². The van der Waals surface area contributed by atoms with Crippen molar-refractivity contribution in [1.82, 2.24) is 15.2 Å². The maximum atomic E-state index is 12.8. The number of aromatic nitrogens is 1. The van der Waals surface area contributed by atoms with Gasteiger partial charge in [-0.05, 0) is 66.7 Å². The Bertz CT molecular complexity index is 915. The maximum absolute atomic E-state index is 12.8. The van der Waals surface area contributed by atoms with E-state index in [0.717, 1.165) is 45.2 Å². The second-order valence-electron chi connectivity index (χ2n) is 8.82. The van der Waals surface area contributed by atoms with Crippen molar-refractivity contribution < 1.29 is 9.59 Å². The zero-order valence-electron chi connectivity index (χ0n) is 16.6. The molecule has 0 bridgehead atoms. The molecule has 150 valence electrons. The van der Waals surface area contributed by atoms with Crippen molar-refractivity contribution in [2.45, 2.75) is 55.9 Å². The Morgan fingerprint density at radius 3 is 2.55 bits per heavy atom. The number of fused-ring (bicyclic) bond motifs is 2. The first kappa shape index (κ1) is 18.3. The molecule has 3 aliphatic rings. The summed E-state index contributed by atoms with van der Waals surface area (Å²) in [6, 6.07) is 14.5. The lowest BCUT2D eigenvalue weighted by atomic mass is 9.73. The topological polar surface area (TPSA) is 62.3 Å². The van der Waals surface area contributed by atoms with Gasteiger partial charge in [0.2, 0.25) is 5.91 Å². The molecule has 1 atom stereocenters. The lowest BCUT2D eigenvalue weighted by Crippen LogP contribution is -2.44. The fourth-order valence-corrected chi connectivity index (χ4v) is 5.21. The molecule has 1 aliphatic heterocycles. The molecule has 5 heteroatoms. The monoisotopic (exact) mass is 389 g/mol. The van der Waals surface area contributed by atoms with Gasteiger partial charge in [0.1, 0.15) is 5.69 Å². The van der Waals surface area contributed by atoms with E-state index in [2.05, 4.69) is 34.6 Å². The van der Waals surface area contributed by atoms with E-state index in [1.165, 1.54) is 11.1 Å². The molecule has 0 unspecified atom stereocenters. The number of likely N-dealkylation sites (tertiary alicyclic amines) is 1. The first-order chi connectivity index (χ1) is 14.1. The van der Waals surface area contributed by atoms with Crippen molar-refractivity contribution in [3.05, 3.63) is 65.5 Å². The smallest absolute Gasteiger partial charge is 0.272 e. The van der Waals surface area contributed by atoms with E-state index in [9.17, 15) is 9.59 Å². The van der Waals surface area contributed by atoms with Crippen molar-refractivity contribution in [2.75, 3.05) is 13.1 Å². The van der Waals surface area contributed by atoms with Crippen LogP contribution in [-0.4, -0.2) is 40.8 Å². The van der Waals surface area contributed by atoms with Crippen LogP contribution in [0.25, 0.3) is 0 Å². The minimum atomic E-state index is 0.0205. The van der Waals surface area contributed by atoms with E-state index in [0.29, 0.717) is 18.2 Å². The Hall–Kier alpha value is -2.69. The summed E-state index contributed by atoms with van der Waals surface area (Å²) in [4.78, 5) is 31.4. The van der Waals surface area contributed by atoms with Crippen LogP contribution < -0.4 is 5.32 Å². The largest absolute Gasteiger partial charge is 0.353 e. The van der Waals surface area contributed by atoms with Gasteiger partial charge in [-0.25, -0.2) is 0 Å². The molecule has 1 saturated carbocycles. The van der Waals surface area contributed by atoms with E-state index >= 15 is 0 Å². The van der Waals surface area contributed by atoms with Crippen LogP contribution in [0.1, 0.15) is 66.1 Å². The van der Waals surface area contributed by atoms with Crippen LogP contribution >= 0.6 is 0 Å². The van der Waals surface area contributed by atoms with Crippen LogP contribution in [0.4, 0.5) is 0 Å². The first-order valence-corrected chi connectivity index (χ1v) is 10.7. The number of pyridine rings is 1. The van der Waals surface area contributed by atoms with Crippen LogP contribution in [0.15, 0.2) is 48.7 Å². The highest BCUT2D eigenvalue weighted by atomic mass is 16.2. The Morgan fingerprint density at radius 1 is 1.07 bits per heavy atom. The molecular formula is C24H27N3O2. The standard InChI is InChI=1S/C24H27N3O2/c28-22(26-18-8-9-18)15-17-16-24(20-6-2-1-5-19(17)20)10-13-27(14-11-24)23(29)21-7-3-4-12-25-21/h1-7,12,17-18H,8-11,13-16H2,(H,26,28)/t17-/m0/s1. The second kappa shape index (κ2) is 7.29. The SMILES string of the molecule is O=C(C[C@H]1CC2(CCN(C(=O)c3ccccn3)CC2)c2ccccc21)NC1CC1. The summed E-state index contributed by atoms with van der Waals surface area (Å²) >= 11 is 0. The van der Waals surface area contributed by atoms with E-state index in [1.54, 1.807) is 12.3 Å². The van der Waals surface area contributed by atoms with Gasteiger partial charge in [0.25, 0.3) is 5.91 Å². The minimum Gasteiger partial charge on any atom is -0.353 e. The van der Waals surface area contributed by atoms with Crippen LogP contribution in [0.2, 0.25) is 0 Å². The molecule has 2 heterocycles. The number of nitrogens with zero attached hydrogens (tertiary/aromatic N) is 2. The third kappa shape index (κ3) is 3.54. The number of amides is 2. The fraction of sp³-hybridized carbons (Fsp3) is 0.458. The molecule has 1 spiro atoms. The van der Waals surface area contributed by atoms with Gasteiger partial charge in [0, 0.05) is 31.7 Å². The molecule has 0 radical (unpaired) electrons.